The molecule has 1 aliphatic carbocycles. The Hall–Kier alpha value is -0.590. The highest BCUT2D eigenvalue weighted by Gasteiger charge is 2.55. The van der Waals surface area contributed by atoms with E-state index in [1.165, 1.54) is 0 Å². The molecule has 0 spiro atoms. The molecule has 2 N–H and O–H groups in total. The molecule has 3 nitrogen and oxygen atoms in total. The summed E-state index contributed by atoms with van der Waals surface area (Å²) in [6.07, 6.45) is 5.59. The van der Waals surface area contributed by atoms with Crippen LogP contribution >= 0.6 is 0 Å². The Morgan fingerprint density at radius 2 is 2.00 bits per heavy atom. The van der Waals surface area contributed by atoms with E-state index in [1.807, 2.05) is 0 Å². The van der Waals surface area contributed by atoms with Gasteiger partial charge >= 0.3 is 0 Å². The van der Waals surface area contributed by atoms with Gasteiger partial charge in [-0.05, 0) is 51.0 Å². The Balaban J connectivity index is 2.27. The molecule has 1 saturated carbocycles. The third-order valence-electron chi connectivity index (χ3n) is 5.41. The molecule has 2 rings (SSSR count). The predicted molar refractivity (Wildman–Crippen MR) is 71.9 cm³/mol. The summed E-state index contributed by atoms with van der Waals surface area (Å²) in [6.45, 7) is 6.07. The summed E-state index contributed by atoms with van der Waals surface area (Å²) >= 11 is 0. The first kappa shape index (κ1) is 13.8. The van der Waals surface area contributed by atoms with Crippen LogP contribution < -0.4 is 5.32 Å². The number of rotatable bonds is 2. The highest BCUT2D eigenvalue weighted by Crippen LogP contribution is 2.51. The zero-order chi connectivity index (χ0) is 13.2. The van der Waals surface area contributed by atoms with Crippen molar-refractivity contribution in [3.05, 3.63) is 0 Å². The van der Waals surface area contributed by atoms with Crippen molar-refractivity contribution in [3.8, 4) is 6.07 Å². The Labute approximate surface area is 111 Å². The van der Waals surface area contributed by atoms with Crippen molar-refractivity contribution in [1.82, 2.24) is 5.32 Å². The van der Waals surface area contributed by atoms with E-state index in [0.717, 1.165) is 51.6 Å². The van der Waals surface area contributed by atoms with Crippen LogP contribution in [0.2, 0.25) is 0 Å². The number of nitrogens with zero attached hydrogens (tertiary/aromatic N) is 1. The van der Waals surface area contributed by atoms with Crippen molar-refractivity contribution in [2.75, 3.05) is 13.1 Å². The number of piperidine rings is 1. The van der Waals surface area contributed by atoms with E-state index in [-0.39, 0.29) is 5.92 Å². The quantitative estimate of drug-likeness (QED) is 0.791. The predicted octanol–water partition coefficient (Wildman–Crippen LogP) is 2.46. The Bertz CT molecular complexity index is 328. The number of hydrogen-bond donors (Lipinski definition) is 2. The summed E-state index contributed by atoms with van der Waals surface area (Å²) in [5.74, 6) is 0.927. The van der Waals surface area contributed by atoms with Gasteiger partial charge in [0.25, 0.3) is 0 Å². The van der Waals surface area contributed by atoms with Crippen molar-refractivity contribution >= 4 is 0 Å². The van der Waals surface area contributed by atoms with E-state index in [2.05, 4.69) is 25.2 Å². The summed E-state index contributed by atoms with van der Waals surface area (Å²) in [6, 6.07) is 2.53. The van der Waals surface area contributed by atoms with Crippen molar-refractivity contribution in [1.29, 1.82) is 5.26 Å². The van der Waals surface area contributed by atoms with Gasteiger partial charge in [0.05, 0.1) is 17.1 Å². The highest BCUT2D eigenvalue weighted by molar-refractivity contribution is 5.16. The maximum absolute atomic E-state index is 11.2. The second-order valence-electron chi connectivity index (χ2n) is 6.36. The molecule has 0 bridgehead atoms. The van der Waals surface area contributed by atoms with Crippen LogP contribution in [0.3, 0.4) is 0 Å². The zero-order valence-corrected chi connectivity index (χ0v) is 11.7. The van der Waals surface area contributed by atoms with Crippen LogP contribution in [0, 0.1) is 28.6 Å². The molecular formula is C15H26N2O. The number of nitrogens with one attached hydrogen (secondary N) is 1. The van der Waals surface area contributed by atoms with Crippen molar-refractivity contribution in [2.24, 2.45) is 17.3 Å². The monoisotopic (exact) mass is 250 g/mol. The average molecular weight is 250 g/mol. The van der Waals surface area contributed by atoms with Gasteiger partial charge in [0.2, 0.25) is 0 Å². The van der Waals surface area contributed by atoms with Crippen molar-refractivity contribution in [2.45, 2.75) is 58.0 Å². The first-order chi connectivity index (χ1) is 8.58. The topological polar surface area (TPSA) is 56.0 Å². The molecule has 1 aliphatic heterocycles. The number of nitriles is 1. The normalized spacial score (nSPS) is 45.4. The van der Waals surface area contributed by atoms with E-state index in [1.54, 1.807) is 0 Å². The van der Waals surface area contributed by atoms with Gasteiger partial charge in [-0.3, -0.25) is 0 Å². The summed E-state index contributed by atoms with van der Waals surface area (Å²) < 4.78 is 0. The summed E-state index contributed by atoms with van der Waals surface area (Å²) in [4.78, 5) is 0. The van der Waals surface area contributed by atoms with Crippen LogP contribution in [-0.2, 0) is 0 Å². The standard InChI is InChI=1S/C15H26N2O/c1-3-13-10-17-9-8-15(13,18)14(11-16)6-4-12(2)5-7-14/h12-13,17-18H,3-10H2,1-2H3. The molecule has 2 unspecified atom stereocenters. The number of hydrogen-bond acceptors (Lipinski definition) is 3. The maximum Gasteiger partial charge on any atom is 0.0885 e. The fourth-order valence-electron chi connectivity index (χ4n) is 3.94. The van der Waals surface area contributed by atoms with Gasteiger partial charge in [-0.2, -0.15) is 5.26 Å². The first-order valence-electron chi connectivity index (χ1n) is 7.42. The Morgan fingerprint density at radius 1 is 1.33 bits per heavy atom. The lowest BCUT2D eigenvalue weighted by molar-refractivity contribution is -0.135. The largest absolute Gasteiger partial charge is 0.388 e. The summed E-state index contributed by atoms with van der Waals surface area (Å²) in [5, 5.41) is 24.3. The SMILES string of the molecule is CCC1CNCCC1(O)C1(C#N)CCC(C)CC1. The van der Waals surface area contributed by atoms with Crippen LogP contribution in [0.15, 0.2) is 0 Å². The lowest BCUT2D eigenvalue weighted by atomic mass is 9.56. The molecule has 1 heterocycles. The van der Waals surface area contributed by atoms with Crippen molar-refractivity contribution < 1.29 is 5.11 Å². The fourth-order valence-corrected chi connectivity index (χ4v) is 3.94. The molecule has 0 aromatic heterocycles. The summed E-state index contributed by atoms with van der Waals surface area (Å²) in [5.41, 5.74) is -1.27. The average Bonchev–Trinajstić information content (AvgIpc) is 2.40. The molecule has 1 saturated heterocycles. The van der Waals surface area contributed by atoms with Crippen LogP contribution in [0.25, 0.3) is 0 Å². The molecule has 2 aliphatic rings. The maximum atomic E-state index is 11.2. The molecule has 18 heavy (non-hydrogen) atoms. The van der Waals surface area contributed by atoms with Gasteiger partial charge in [0, 0.05) is 12.5 Å². The second kappa shape index (κ2) is 5.19. The molecule has 0 amide bonds. The molecule has 0 aromatic rings. The molecule has 0 radical (unpaired) electrons. The molecule has 3 heteroatoms. The third-order valence-corrected chi connectivity index (χ3v) is 5.41. The first-order valence-corrected chi connectivity index (χ1v) is 7.42. The van der Waals surface area contributed by atoms with Gasteiger partial charge in [0.1, 0.15) is 0 Å². The van der Waals surface area contributed by atoms with Crippen LogP contribution in [-0.4, -0.2) is 23.8 Å². The zero-order valence-electron chi connectivity index (χ0n) is 11.7. The fraction of sp³-hybridized carbons (Fsp3) is 0.933. The van der Waals surface area contributed by atoms with Crippen LogP contribution in [0.4, 0.5) is 0 Å². The minimum Gasteiger partial charge on any atom is -0.388 e. The third kappa shape index (κ3) is 2.06. The molecule has 0 aromatic carbocycles. The molecule has 2 fully saturated rings. The van der Waals surface area contributed by atoms with Gasteiger partial charge in [-0.15, -0.1) is 0 Å². The Morgan fingerprint density at radius 3 is 2.56 bits per heavy atom. The van der Waals surface area contributed by atoms with Crippen LogP contribution in [0.5, 0.6) is 0 Å². The van der Waals surface area contributed by atoms with Crippen molar-refractivity contribution in [3.63, 3.8) is 0 Å². The Kier molecular flexibility index (Phi) is 3.99. The van der Waals surface area contributed by atoms with Gasteiger partial charge < -0.3 is 10.4 Å². The van der Waals surface area contributed by atoms with E-state index in [4.69, 9.17) is 0 Å². The highest BCUT2D eigenvalue weighted by atomic mass is 16.3. The minimum absolute atomic E-state index is 0.222. The lowest BCUT2D eigenvalue weighted by Gasteiger charge is -2.52. The van der Waals surface area contributed by atoms with E-state index in [0.29, 0.717) is 5.92 Å². The van der Waals surface area contributed by atoms with Gasteiger partial charge in [0.15, 0.2) is 0 Å². The molecule has 102 valence electrons. The molecular weight excluding hydrogens is 224 g/mol. The van der Waals surface area contributed by atoms with Crippen LogP contribution in [0.1, 0.15) is 52.4 Å². The minimum atomic E-state index is -0.776. The van der Waals surface area contributed by atoms with E-state index < -0.39 is 11.0 Å². The molecule has 2 atom stereocenters. The van der Waals surface area contributed by atoms with E-state index >= 15 is 0 Å². The summed E-state index contributed by atoms with van der Waals surface area (Å²) in [7, 11) is 0. The lowest BCUT2D eigenvalue weighted by Crippen LogP contribution is -2.60. The smallest absolute Gasteiger partial charge is 0.0885 e. The van der Waals surface area contributed by atoms with E-state index in [9.17, 15) is 10.4 Å². The second-order valence-corrected chi connectivity index (χ2v) is 6.36. The number of aliphatic hydroxyl groups is 1. The van der Waals surface area contributed by atoms with Gasteiger partial charge in [-0.25, -0.2) is 0 Å². The van der Waals surface area contributed by atoms with Gasteiger partial charge in [-0.1, -0.05) is 13.8 Å².